The lowest BCUT2D eigenvalue weighted by atomic mass is 10.2. The number of H-pyrrole nitrogens is 1. The van der Waals surface area contributed by atoms with Crippen molar-refractivity contribution >= 4 is 23.2 Å². The lowest BCUT2D eigenvalue weighted by Gasteiger charge is -2.06. The third kappa shape index (κ3) is 2.04. The van der Waals surface area contributed by atoms with Crippen LogP contribution in [0.3, 0.4) is 0 Å². The summed E-state index contributed by atoms with van der Waals surface area (Å²) in [6.07, 6.45) is 2.74. The lowest BCUT2D eigenvalue weighted by Crippen LogP contribution is -2.12. The third-order valence-electron chi connectivity index (χ3n) is 1.96. The van der Waals surface area contributed by atoms with Crippen LogP contribution in [0.1, 0.15) is 10.4 Å². The highest BCUT2D eigenvalue weighted by Crippen LogP contribution is 2.24. The highest BCUT2D eigenvalue weighted by Gasteiger charge is 2.12. The Morgan fingerprint density at radius 3 is 2.94 bits per heavy atom. The summed E-state index contributed by atoms with van der Waals surface area (Å²) in [6, 6.07) is 4.18. The summed E-state index contributed by atoms with van der Waals surface area (Å²) in [5, 5.41) is 8.63. The summed E-state index contributed by atoms with van der Waals surface area (Å²) >= 11 is 5.76. The number of benzene rings is 1. The molecule has 0 aliphatic rings. The van der Waals surface area contributed by atoms with E-state index in [0.717, 1.165) is 0 Å². The monoisotopic (exact) mass is 239 g/mol. The van der Waals surface area contributed by atoms with Crippen LogP contribution in [-0.4, -0.2) is 16.1 Å². The quantitative estimate of drug-likeness (QED) is 0.846. The van der Waals surface area contributed by atoms with Gasteiger partial charge in [-0.2, -0.15) is 5.10 Å². The Bertz CT molecular complexity index is 493. The summed E-state index contributed by atoms with van der Waals surface area (Å²) in [5.74, 6) is -1.05. The van der Waals surface area contributed by atoms with Crippen LogP contribution >= 0.6 is 11.6 Å². The molecule has 0 aliphatic carbocycles. The van der Waals surface area contributed by atoms with Gasteiger partial charge in [-0.25, -0.2) is 4.39 Å². The molecular weight excluding hydrogens is 233 g/mol. The number of amides is 1. The summed E-state index contributed by atoms with van der Waals surface area (Å²) in [5.41, 5.74) is 0.273. The minimum absolute atomic E-state index is 0.0321. The molecule has 0 bridgehead atoms. The molecule has 1 aromatic heterocycles. The van der Waals surface area contributed by atoms with E-state index in [2.05, 4.69) is 15.5 Å². The lowest BCUT2D eigenvalue weighted by molar-refractivity contribution is 0.102. The predicted molar refractivity (Wildman–Crippen MR) is 58.0 cm³/mol. The Kier molecular flexibility index (Phi) is 2.87. The number of nitrogens with zero attached hydrogens (tertiary/aromatic N) is 1. The molecule has 0 radical (unpaired) electrons. The van der Waals surface area contributed by atoms with Crippen molar-refractivity contribution in [2.75, 3.05) is 5.32 Å². The Morgan fingerprint density at radius 1 is 1.50 bits per heavy atom. The zero-order valence-corrected chi connectivity index (χ0v) is 8.75. The van der Waals surface area contributed by atoms with Crippen molar-refractivity contribution in [3.05, 3.63) is 47.0 Å². The van der Waals surface area contributed by atoms with Crippen molar-refractivity contribution in [2.45, 2.75) is 0 Å². The summed E-state index contributed by atoms with van der Waals surface area (Å²) in [6.45, 7) is 0. The maximum atomic E-state index is 13.3. The van der Waals surface area contributed by atoms with Gasteiger partial charge in [0.05, 0.1) is 22.5 Å². The molecule has 0 atom stereocenters. The highest BCUT2D eigenvalue weighted by atomic mass is 35.5. The first-order valence-corrected chi connectivity index (χ1v) is 4.80. The second-order valence-electron chi connectivity index (χ2n) is 3.04. The predicted octanol–water partition coefficient (Wildman–Crippen LogP) is 2.45. The van der Waals surface area contributed by atoms with Gasteiger partial charge in [0.1, 0.15) is 5.82 Å². The number of nitrogens with one attached hydrogen (secondary N) is 2. The van der Waals surface area contributed by atoms with Crippen LogP contribution in [-0.2, 0) is 0 Å². The van der Waals surface area contributed by atoms with E-state index in [9.17, 15) is 9.18 Å². The summed E-state index contributed by atoms with van der Waals surface area (Å²) in [7, 11) is 0. The fourth-order valence-corrected chi connectivity index (χ4v) is 1.39. The van der Waals surface area contributed by atoms with E-state index in [4.69, 9.17) is 11.6 Å². The molecule has 0 aliphatic heterocycles. The molecule has 1 heterocycles. The maximum Gasteiger partial charge on any atom is 0.258 e. The molecule has 2 N–H and O–H groups in total. The van der Waals surface area contributed by atoms with Gasteiger partial charge in [0.15, 0.2) is 0 Å². The SMILES string of the molecule is O=C(Nc1c(F)cccc1Cl)c1cn[nH]c1. The number of rotatable bonds is 2. The molecule has 1 amide bonds. The number of aromatic nitrogens is 2. The van der Waals surface area contributed by atoms with Gasteiger partial charge in [-0.3, -0.25) is 9.89 Å². The van der Waals surface area contributed by atoms with Gasteiger partial charge in [0, 0.05) is 6.20 Å². The maximum absolute atomic E-state index is 13.3. The number of para-hydroxylation sites is 1. The number of anilines is 1. The topological polar surface area (TPSA) is 57.8 Å². The molecule has 82 valence electrons. The molecule has 4 nitrogen and oxygen atoms in total. The van der Waals surface area contributed by atoms with Crippen LogP contribution < -0.4 is 5.32 Å². The molecule has 1 aromatic carbocycles. The van der Waals surface area contributed by atoms with E-state index in [1.165, 1.54) is 30.6 Å². The number of carbonyl (C=O) groups excluding carboxylic acids is 1. The zero-order valence-electron chi connectivity index (χ0n) is 8.00. The molecule has 2 rings (SSSR count). The van der Waals surface area contributed by atoms with Crippen molar-refractivity contribution < 1.29 is 9.18 Å². The molecule has 6 heteroatoms. The smallest absolute Gasteiger partial charge is 0.258 e. The first kappa shape index (κ1) is 10.6. The molecule has 16 heavy (non-hydrogen) atoms. The van der Waals surface area contributed by atoms with Gasteiger partial charge >= 0.3 is 0 Å². The van der Waals surface area contributed by atoms with Crippen LogP contribution in [0.2, 0.25) is 5.02 Å². The minimum atomic E-state index is -0.579. The average Bonchev–Trinajstić information content (AvgIpc) is 2.76. The van der Waals surface area contributed by atoms with Gasteiger partial charge in [-0.15, -0.1) is 0 Å². The number of hydrogen-bond donors (Lipinski definition) is 2. The van der Waals surface area contributed by atoms with Crippen molar-refractivity contribution in [1.82, 2.24) is 10.2 Å². The standard InChI is InChI=1S/C10H7ClFN3O/c11-7-2-1-3-8(12)9(7)15-10(16)6-4-13-14-5-6/h1-5H,(H,13,14)(H,15,16). The van der Waals surface area contributed by atoms with Crippen LogP contribution in [0.25, 0.3) is 0 Å². The minimum Gasteiger partial charge on any atom is -0.318 e. The van der Waals surface area contributed by atoms with E-state index in [1.54, 1.807) is 0 Å². The fraction of sp³-hybridized carbons (Fsp3) is 0. The highest BCUT2D eigenvalue weighted by molar-refractivity contribution is 6.33. The van der Waals surface area contributed by atoms with Crippen LogP contribution in [0.4, 0.5) is 10.1 Å². The molecular formula is C10H7ClFN3O. The first-order valence-electron chi connectivity index (χ1n) is 4.42. The van der Waals surface area contributed by atoms with E-state index >= 15 is 0 Å². The van der Waals surface area contributed by atoms with Crippen molar-refractivity contribution in [3.63, 3.8) is 0 Å². The third-order valence-corrected chi connectivity index (χ3v) is 2.28. The Labute approximate surface area is 95.4 Å². The zero-order chi connectivity index (χ0) is 11.5. The number of halogens is 2. The molecule has 0 saturated carbocycles. The molecule has 2 aromatic rings. The van der Waals surface area contributed by atoms with Crippen molar-refractivity contribution in [2.24, 2.45) is 0 Å². The van der Waals surface area contributed by atoms with Crippen molar-refractivity contribution in [3.8, 4) is 0 Å². The van der Waals surface area contributed by atoms with E-state index in [1.807, 2.05) is 0 Å². The van der Waals surface area contributed by atoms with E-state index in [0.29, 0.717) is 5.56 Å². The second-order valence-corrected chi connectivity index (χ2v) is 3.44. The molecule has 0 spiro atoms. The van der Waals surface area contributed by atoms with E-state index < -0.39 is 11.7 Å². The number of carbonyl (C=O) groups is 1. The molecule has 0 fully saturated rings. The van der Waals surface area contributed by atoms with Gasteiger partial charge in [-0.1, -0.05) is 17.7 Å². The first-order chi connectivity index (χ1) is 7.68. The average molecular weight is 240 g/mol. The van der Waals surface area contributed by atoms with Gasteiger partial charge in [0.2, 0.25) is 0 Å². The van der Waals surface area contributed by atoms with Gasteiger partial charge in [-0.05, 0) is 12.1 Å². The van der Waals surface area contributed by atoms with E-state index in [-0.39, 0.29) is 10.7 Å². The molecule has 0 unspecified atom stereocenters. The second kappa shape index (κ2) is 4.32. The van der Waals surface area contributed by atoms with Gasteiger partial charge < -0.3 is 5.32 Å². The Hall–Kier alpha value is -1.88. The largest absolute Gasteiger partial charge is 0.318 e. The van der Waals surface area contributed by atoms with Crippen LogP contribution in [0, 0.1) is 5.82 Å². The molecule has 0 saturated heterocycles. The number of aromatic amines is 1. The summed E-state index contributed by atoms with van der Waals surface area (Å²) < 4.78 is 13.3. The normalized spacial score (nSPS) is 10.1. The number of hydrogen-bond acceptors (Lipinski definition) is 2. The van der Waals surface area contributed by atoms with Crippen LogP contribution in [0.15, 0.2) is 30.6 Å². The van der Waals surface area contributed by atoms with Gasteiger partial charge in [0.25, 0.3) is 5.91 Å². The van der Waals surface area contributed by atoms with Crippen LogP contribution in [0.5, 0.6) is 0 Å². The summed E-state index contributed by atoms with van der Waals surface area (Å²) in [4.78, 5) is 11.6. The Balaban J connectivity index is 2.25. The van der Waals surface area contributed by atoms with Crippen molar-refractivity contribution in [1.29, 1.82) is 0 Å². The Morgan fingerprint density at radius 2 is 2.31 bits per heavy atom. The fourth-order valence-electron chi connectivity index (χ4n) is 1.18.